The van der Waals surface area contributed by atoms with E-state index >= 15 is 0 Å². The molecule has 0 bridgehead atoms. The van der Waals surface area contributed by atoms with Gasteiger partial charge in [-0.05, 0) is 6.92 Å². The van der Waals surface area contributed by atoms with E-state index in [4.69, 9.17) is 10.2 Å². The molecule has 0 aliphatic carbocycles. The highest BCUT2D eigenvalue weighted by atomic mass is 16.4. The molecule has 1 rings (SSSR count). The van der Waals surface area contributed by atoms with Crippen molar-refractivity contribution in [2.75, 3.05) is 0 Å². The third-order valence-electron chi connectivity index (χ3n) is 1.04. The smallest absolute Gasteiger partial charge is 0.354 e. The number of nitrogens with zero attached hydrogens (tertiary/aromatic N) is 2. The van der Waals surface area contributed by atoms with Crippen molar-refractivity contribution in [1.29, 1.82) is 0 Å². The first-order valence-corrected chi connectivity index (χ1v) is 2.87. The van der Waals surface area contributed by atoms with Gasteiger partial charge in [0.25, 0.3) is 0 Å². The number of hydrogen-bond donors (Lipinski definition) is 2. The lowest BCUT2D eigenvalue weighted by Crippen LogP contribution is -2.02. The highest BCUT2D eigenvalue weighted by Gasteiger charge is 2.06. The van der Waals surface area contributed by atoms with Gasteiger partial charge in [0.1, 0.15) is 5.82 Å². The van der Waals surface area contributed by atoms with E-state index in [0.29, 0.717) is 0 Å². The first-order valence-electron chi connectivity index (χ1n) is 2.87. The zero-order valence-corrected chi connectivity index (χ0v) is 6.27. The average Bonchev–Trinajstić information content (AvgIpc) is 1.85. The molecule has 0 fully saturated rings. The molecule has 1 aromatic heterocycles. The van der Waals surface area contributed by atoms with E-state index in [0.717, 1.165) is 6.07 Å². The van der Waals surface area contributed by atoms with Crippen molar-refractivity contribution in [1.82, 2.24) is 9.97 Å². The highest BCUT2D eigenvalue weighted by molar-refractivity contribution is 5.85. The van der Waals surface area contributed by atoms with Crippen molar-refractivity contribution in [2.45, 2.75) is 6.92 Å². The van der Waals surface area contributed by atoms with Crippen LogP contribution in [-0.2, 0) is 0 Å². The van der Waals surface area contributed by atoms with E-state index in [2.05, 4.69) is 9.97 Å². The summed E-state index contributed by atoms with van der Waals surface area (Å²) >= 11 is 0. The van der Waals surface area contributed by atoms with Gasteiger partial charge in [0.15, 0.2) is 5.69 Å². The minimum atomic E-state index is -1.18. The molecule has 6 heteroatoms. The van der Waals surface area contributed by atoms with Gasteiger partial charge in [-0.2, -0.15) is 4.98 Å². The van der Waals surface area contributed by atoms with Gasteiger partial charge < -0.3 is 15.7 Å². The lowest BCUT2D eigenvalue weighted by atomic mass is 10.4. The molecular weight excluding hydrogens is 164 g/mol. The maximum absolute atomic E-state index is 10.3. The Morgan fingerprint density at radius 3 is 2.50 bits per heavy atom. The molecule has 1 aromatic rings. The maximum Gasteiger partial charge on any atom is 0.354 e. The number of aryl methyl sites for hydroxylation is 1. The van der Waals surface area contributed by atoms with Gasteiger partial charge in [-0.15, -0.1) is 0 Å². The minimum Gasteiger partial charge on any atom is -0.493 e. The van der Waals surface area contributed by atoms with Crippen molar-refractivity contribution in [3.8, 4) is 5.88 Å². The first-order chi connectivity index (χ1) is 5.09. The van der Waals surface area contributed by atoms with Crippen LogP contribution in [0.4, 0.5) is 0 Å². The lowest BCUT2D eigenvalue weighted by Gasteiger charge is -1.95. The van der Waals surface area contributed by atoms with E-state index in [9.17, 15) is 4.79 Å². The zero-order valence-electron chi connectivity index (χ0n) is 6.27. The van der Waals surface area contributed by atoms with Gasteiger partial charge in [-0.25, -0.2) is 9.78 Å². The van der Waals surface area contributed by atoms with Crippen LogP contribution in [0.5, 0.6) is 5.88 Å². The van der Waals surface area contributed by atoms with Crippen molar-refractivity contribution in [3.05, 3.63) is 17.6 Å². The Morgan fingerprint density at radius 1 is 1.50 bits per heavy atom. The molecule has 0 spiro atoms. The quantitative estimate of drug-likeness (QED) is 0.584. The molecule has 0 amide bonds. The summed E-state index contributed by atoms with van der Waals surface area (Å²) in [4.78, 5) is 17.4. The van der Waals surface area contributed by atoms with Crippen LogP contribution in [0.1, 0.15) is 16.3 Å². The largest absolute Gasteiger partial charge is 0.493 e. The number of aromatic carboxylic acids is 1. The number of carboxylic acid groups (broad SMARTS) is 1. The summed E-state index contributed by atoms with van der Waals surface area (Å²) in [7, 11) is 0. The number of carboxylic acids is 1. The summed E-state index contributed by atoms with van der Waals surface area (Å²) in [5.74, 6) is -1.26. The van der Waals surface area contributed by atoms with Crippen molar-refractivity contribution >= 4 is 5.97 Å². The summed E-state index contributed by atoms with van der Waals surface area (Å²) in [6.45, 7) is 1.51. The van der Waals surface area contributed by atoms with E-state index in [-0.39, 0.29) is 22.9 Å². The first kappa shape index (κ1) is 10.3. The summed E-state index contributed by atoms with van der Waals surface area (Å²) in [5, 5.41) is 17.3. The van der Waals surface area contributed by atoms with Gasteiger partial charge in [0.2, 0.25) is 5.88 Å². The maximum atomic E-state index is 10.3. The highest BCUT2D eigenvalue weighted by Crippen LogP contribution is 2.05. The van der Waals surface area contributed by atoms with Gasteiger partial charge in [-0.3, -0.25) is 0 Å². The molecule has 66 valence electrons. The molecule has 0 aliphatic rings. The monoisotopic (exact) mass is 172 g/mol. The van der Waals surface area contributed by atoms with Gasteiger partial charge in [0, 0.05) is 6.07 Å². The molecule has 4 N–H and O–H groups in total. The van der Waals surface area contributed by atoms with Crippen molar-refractivity contribution < 1.29 is 20.5 Å². The molecule has 0 aliphatic heterocycles. The Morgan fingerprint density at radius 2 is 2.08 bits per heavy atom. The van der Waals surface area contributed by atoms with Crippen LogP contribution < -0.4 is 0 Å². The van der Waals surface area contributed by atoms with Gasteiger partial charge in [-0.1, -0.05) is 0 Å². The van der Waals surface area contributed by atoms with E-state index in [1.807, 2.05) is 0 Å². The summed E-state index contributed by atoms with van der Waals surface area (Å²) in [6.07, 6.45) is 0. The molecule has 6 nitrogen and oxygen atoms in total. The fourth-order valence-electron chi connectivity index (χ4n) is 0.661. The minimum absolute atomic E-state index is 0. The second-order valence-corrected chi connectivity index (χ2v) is 1.96. The number of aromatic nitrogens is 2. The number of hydrogen-bond acceptors (Lipinski definition) is 4. The molecule has 1 heterocycles. The standard InChI is InChI=1S/C6H6N2O3.H2O/c1-3-7-4(6(10)11)2-5(9)8-3;/h2H,1H3,(H,10,11)(H,7,8,9);1H2. The van der Waals surface area contributed by atoms with Crippen LogP contribution in [-0.4, -0.2) is 31.6 Å². The Hall–Kier alpha value is -1.69. The Labute approximate surface area is 67.8 Å². The normalized spacial score (nSPS) is 8.75. The van der Waals surface area contributed by atoms with Crippen LogP contribution in [0.2, 0.25) is 0 Å². The molecule has 0 unspecified atom stereocenters. The van der Waals surface area contributed by atoms with Gasteiger partial charge in [0.05, 0.1) is 0 Å². The summed E-state index contributed by atoms with van der Waals surface area (Å²) < 4.78 is 0. The summed E-state index contributed by atoms with van der Waals surface area (Å²) in [5.41, 5.74) is -0.199. The predicted molar refractivity (Wildman–Crippen MR) is 39.0 cm³/mol. The second-order valence-electron chi connectivity index (χ2n) is 1.96. The Kier molecular flexibility index (Phi) is 3.12. The van der Waals surface area contributed by atoms with Crippen molar-refractivity contribution in [2.24, 2.45) is 0 Å². The molecule has 12 heavy (non-hydrogen) atoms. The SMILES string of the molecule is Cc1nc(O)cc(C(=O)O)n1.O. The van der Waals surface area contributed by atoms with Crippen molar-refractivity contribution in [3.63, 3.8) is 0 Å². The topological polar surface area (TPSA) is 115 Å². The number of carbonyl (C=O) groups is 1. The molecule has 0 aromatic carbocycles. The number of aromatic hydroxyl groups is 1. The number of rotatable bonds is 1. The second kappa shape index (κ2) is 3.63. The molecular formula is C6H8N2O4. The van der Waals surface area contributed by atoms with Crippen LogP contribution >= 0.6 is 0 Å². The molecule has 0 atom stereocenters. The Bertz CT molecular complexity index is 279. The predicted octanol–water partition coefficient (Wildman–Crippen LogP) is -0.636. The zero-order chi connectivity index (χ0) is 8.43. The molecule has 0 saturated carbocycles. The fraction of sp³-hybridized carbons (Fsp3) is 0.167. The Balaban J connectivity index is 0.00000121. The van der Waals surface area contributed by atoms with Crippen LogP contribution in [0.3, 0.4) is 0 Å². The van der Waals surface area contributed by atoms with Crippen LogP contribution in [0.15, 0.2) is 6.07 Å². The third kappa shape index (κ3) is 2.17. The molecule has 0 saturated heterocycles. The lowest BCUT2D eigenvalue weighted by molar-refractivity contribution is 0.0689. The average molecular weight is 172 g/mol. The van der Waals surface area contributed by atoms with Gasteiger partial charge >= 0.3 is 5.97 Å². The van der Waals surface area contributed by atoms with E-state index < -0.39 is 5.97 Å². The fourth-order valence-corrected chi connectivity index (χ4v) is 0.661. The van der Waals surface area contributed by atoms with Crippen LogP contribution in [0.25, 0.3) is 0 Å². The summed E-state index contributed by atoms with van der Waals surface area (Å²) in [6, 6.07) is 0.995. The molecule has 0 radical (unpaired) electrons. The third-order valence-corrected chi connectivity index (χ3v) is 1.04. The van der Waals surface area contributed by atoms with E-state index in [1.54, 1.807) is 0 Å². The van der Waals surface area contributed by atoms with Crippen LogP contribution in [0, 0.1) is 6.92 Å². The van der Waals surface area contributed by atoms with E-state index in [1.165, 1.54) is 6.92 Å².